The Kier molecular flexibility index (Phi) is 3.66. The molecule has 0 saturated carbocycles. The van der Waals surface area contributed by atoms with E-state index in [0.29, 0.717) is 18.1 Å². The van der Waals surface area contributed by atoms with Gasteiger partial charge >= 0.3 is 0 Å². The minimum Gasteiger partial charge on any atom is -0.504 e. The van der Waals surface area contributed by atoms with E-state index in [4.69, 9.17) is 0 Å². The molecule has 1 saturated heterocycles. The number of aromatic hydroxyl groups is 2. The summed E-state index contributed by atoms with van der Waals surface area (Å²) in [4.78, 5) is 14.8. The Morgan fingerprint density at radius 3 is 2.71 bits per heavy atom. The van der Waals surface area contributed by atoms with Gasteiger partial charge in [0.2, 0.25) is 0 Å². The van der Waals surface area contributed by atoms with Crippen molar-refractivity contribution in [1.82, 2.24) is 4.90 Å². The zero-order chi connectivity index (χ0) is 15.1. The van der Waals surface area contributed by atoms with Crippen LogP contribution in [0.2, 0.25) is 0 Å². The van der Waals surface area contributed by atoms with E-state index < -0.39 is 0 Å². The summed E-state index contributed by atoms with van der Waals surface area (Å²) in [6, 6.07) is 3.35. The van der Waals surface area contributed by atoms with E-state index in [0.717, 1.165) is 37.1 Å². The average Bonchev–Trinajstić information content (AvgIpc) is 2.41. The normalized spacial score (nSPS) is 25.8. The molecule has 2 atom stereocenters. The van der Waals surface area contributed by atoms with Gasteiger partial charge in [0.25, 0.3) is 0 Å². The Bertz CT molecular complexity index is 567. The molecule has 1 aromatic rings. The molecule has 0 bridgehead atoms. The summed E-state index contributed by atoms with van der Waals surface area (Å²) in [6.45, 7) is 6.06. The second-order valence-electron chi connectivity index (χ2n) is 6.80. The van der Waals surface area contributed by atoms with Crippen LogP contribution in [0.4, 0.5) is 0 Å². The summed E-state index contributed by atoms with van der Waals surface area (Å²) >= 11 is 0. The van der Waals surface area contributed by atoms with Crippen molar-refractivity contribution in [1.29, 1.82) is 0 Å². The molecule has 4 heteroatoms. The first-order chi connectivity index (χ1) is 9.95. The monoisotopic (exact) mass is 289 g/mol. The maximum absolute atomic E-state index is 12.4. The van der Waals surface area contributed by atoms with Crippen LogP contribution >= 0.6 is 0 Å². The number of hydrogen-bond acceptors (Lipinski definition) is 4. The maximum atomic E-state index is 12.4. The van der Waals surface area contributed by atoms with Crippen molar-refractivity contribution < 1.29 is 15.0 Å². The van der Waals surface area contributed by atoms with Crippen LogP contribution in [0, 0.1) is 11.8 Å². The summed E-state index contributed by atoms with van der Waals surface area (Å²) < 4.78 is 0. The van der Waals surface area contributed by atoms with E-state index >= 15 is 0 Å². The van der Waals surface area contributed by atoms with Crippen molar-refractivity contribution in [2.75, 3.05) is 13.1 Å². The summed E-state index contributed by atoms with van der Waals surface area (Å²) in [6.07, 6.45) is 2.34. The van der Waals surface area contributed by atoms with Gasteiger partial charge in [-0.05, 0) is 42.0 Å². The van der Waals surface area contributed by atoms with Gasteiger partial charge in [0.15, 0.2) is 11.5 Å². The van der Waals surface area contributed by atoms with Crippen molar-refractivity contribution in [3.05, 3.63) is 23.3 Å². The molecule has 2 aliphatic rings. The van der Waals surface area contributed by atoms with E-state index in [2.05, 4.69) is 18.7 Å². The Balaban J connectivity index is 1.87. The molecule has 4 nitrogen and oxygen atoms in total. The first-order valence-electron chi connectivity index (χ1n) is 7.77. The number of Topliss-reactive ketones (excluding diaryl/α,β-unsaturated/α-hetero) is 1. The maximum Gasteiger partial charge on any atom is 0.157 e. The average molecular weight is 289 g/mol. The summed E-state index contributed by atoms with van der Waals surface area (Å²) in [5.41, 5.74) is 2.06. The molecular formula is C17H23NO3. The number of rotatable bonds is 2. The second-order valence-corrected chi connectivity index (χ2v) is 6.80. The molecule has 2 N–H and O–H groups in total. The third-order valence-electron chi connectivity index (χ3n) is 4.77. The number of phenolic OH excluding ortho intramolecular Hbond substituents is 2. The topological polar surface area (TPSA) is 60.8 Å². The first-order valence-corrected chi connectivity index (χ1v) is 7.77. The number of phenols is 2. The standard InChI is InChI=1S/C17H23NO3/c1-10(2)5-12-9-18-4-3-11-6-16(20)17(21)7-13(11)14(18)8-15(12)19/h6-7,10,12,14,20-21H,3-5,8-9H2,1-2H3/t12-,14-/m1/s1. The zero-order valence-corrected chi connectivity index (χ0v) is 12.7. The number of nitrogens with zero attached hydrogens (tertiary/aromatic N) is 1. The minimum atomic E-state index is -0.0904. The summed E-state index contributed by atoms with van der Waals surface area (Å²) in [5, 5.41) is 19.4. The Morgan fingerprint density at radius 2 is 2.00 bits per heavy atom. The second kappa shape index (κ2) is 5.34. The molecular weight excluding hydrogens is 266 g/mol. The Hall–Kier alpha value is -1.55. The Labute approximate surface area is 125 Å². The smallest absolute Gasteiger partial charge is 0.157 e. The predicted molar refractivity (Wildman–Crippen MR) is 80.4 cm³/mol. The highest BCUT2D eigenvalue weighted by atomic mass is 16.3. The van der Waals surface area contributed by atoms with Gasteiger partial charge in [0.05, 0.1) is 0 Å². The highest BCUT2D eigenvalue weighted by Crippen LogP contribution is 2.41. The van der Waals surface area contributed by atoms with E-state index in [1.54, 1.807) is 12.1 Å². The number of benzene rings is 1. The van der Waals surface area contributed by atoms with Gasteiger partial charge in [-0.15, -0.1) is 0 Å². The van der Waals surface area contributed by atoms with Crippen LogP contribution in [0.3, 0.4) is 0 Å². The number of fused-ring (bicyclic) bond motifs is 3. The van der Waals surface area contributed by atoms with Crippen molar-refractivity contribution in [3.63, 3.8) is 0 Å². The van der Waals surface area contributed by atoms with Gasteiger partial charge in [-0.3, -0.25) is 9.69 Å². The number of piperidine rings is 1. The first kappa shape index (κ1) is 14.4. The molecule has 0 aromatic heterocycles. The van der Waals surface area contributed by atoms with Gasteiger partial charge in [-0.2, -0.15) is 0 Å². The summed E-state index contributed by atoms with van der Waals surface area (Å²) in [5.74, 6) is 0.863. The van der Waals surface area contributed by atoms with Crippen LogP contribution in [0.25, 0.3) is 0 Å². The molecule has 0 amide bonds. The molecule has 0 radical (unpaired) electrons. The fourth-order valence-corrected chi connectivity index (χ4v) is 3.75. The number of carbonyl (C=O) groups is 1. The predicted octanol–water partition coefficient (Wildman–Crippen LogP) is 2.63. The molecule has 0 spiro atoms. The molecule has 2 heterocycles. The van der Waals surface area contributed by atoms with Crippen molar-refractivity contribution in [3.8, 4) is 11.5 Å². The van der Waals surface area contributed by atoms with Gasteiger partial charge in [-0.1, -0.05) is 13.8 Å². The van der Waals surface area contributed by atoms with Crippen LogP contribution in [0.5, 0.6) is 11.5 Å². The highest BCUT2D eigenvalue weighted by Gasteiger charge is 2.38. The number of carbonyl (C=O) groups excluding carboxylic acids is 1. The fraction of sp³-hybridized carbons (Fsp3) is 0.588. The molecule has 0 unspecified atom stereocenters. The van der Waals surface area contributed by atoms with Gasteiger partial charge in [0.1, 0.15) is 5.78 Å². The van der Waals surface area contributed by atoms with Crippen molar-refractivity contribution in [2.24, 2.45) is 11.8 Å². The van der Waals surface area contributed by atoms with Crippen molar-refractivity contribution in [2.45, 2.75) is 39.2 Å². The molecule has 3 rings (SSSR count). The van der Waals surface area contributed by atoms with Crippen LogP contribution in [0.15, 0.2) is 12.1 Å². The third-order valence-corrected chi connectivity index (χ3v) is 4.77. The fourth-order valence-electron chi connectivity index (χ4n) is 3.75. The molecule has 1 aromatic carbocycles. The van der Waals surface area contributed by atoms with Gasteiger partial charge in [-0.25, -0.2) is 0 Å². The largest absolute Gasteiger partial charge is 0.504 e. The van der Waals surface area contributed by atoms with E-state index in [-0.39, 0.29) is 23.5 Å². The van der Waals surface area contributed by atoms with E-state index in [1.807, 2.05) is 0 Å². The van der Waals surface area contributed by atoms with E-state index in [9.17, 15) is 15.0 Å². The number of ketones is 1. The lowest BCUT2D eigenvalue weighted by atomic mass is 9.80. The van der Waals surface area contributed by atoms with Gasteiger partial charge < -0.3 is 10.2 Å². The van der Waals surface area contributed by atoms with Gasteiger partial charge in [0, 0.05) is 31.5 Å². The molecule has 2 aliphatic heterocycles. The van der Waals surface area contributed by atoms with E-state index in [1.165, 1.54) is 0 Å². The Morgan fingerprint density at radius 1 is 1.29 bits per heavy atom. The molecule has 114 valence electrons. The van der Waals surface area contributed by atoms with Crippen LogP contribution in [-0.4, -0.2) is 34.0 Å². The van der Waals surface area contributed by atoms with Crippen molar-refractivity contribution >= 4 is 5.78 Å². The lowest BCUT2D eigenvalue weighted by Gasteiger charge is -2.43. The highest BCUT2D eigenvalue weighted by molar-refractivity contribution is 5.83. The molecule has 0 aliphatic carbocycles. The summed E-state index contributed by atoms with van der Waals surface area (Å²) in [7, 11) is 0. The SMILES string of the molecule is CC(C)C[C@@H]1CN2CCc3cc(O)c(O)cc3[C@H]2CC1=O. The third kappa shape index (κ3) is 2.64. The minimum absolute atomic E-state index is 0.0659. The lowest BCUT2D eigenvalue weighted by Crippen LogP contribution is -2.46. The lowest BCUT2D eigenvalue weighted by molar-refractivity contribution is -0.129. The zero-order valence-electron chi connectivity index (χ0n) is 12.7. The van der Waals surface area contributed by atoms with Crippen LogP contribution in [-0.2, 0) is 11.2 Å². The molecule has 1 fully saturated rings. The van der Waals surface area contributed by atoms with Crippen LogP contribution in [0.1, 0.15) is 43.9 Å². The molecule has 21 heavy (non-hydrogen) atoms. The van der Waals surface area contributed by atoms with Crippen LogP contribution < -0.4 is 0 Å². The quantitative estimate of drug-likeness (QED) is 0.822. The number of hydrogen-bond donors (Lipinski definition) is 2.